The Morgan fingerprint density at radius 1 is 1.14 bits per heavy atom. The van der Waals surface area contributed by atoms with Crippen molar-refractivity contribution in [3.63, 3.8) is 0 Å². The van der Waals surface area contributed by atoms with Gasteiger partial charge in [0.25, 0.3) is 0 Å². The fourth-order valence-corrected chi connectivity index (χ4v) is 4.22. The van der Waals surface area contributed by atoms with Gasteiger partial charge in [-0.05, 0) is 31.6 Å². The van der Waals surface area contributed by atoms with Crippen molar-refractivity contribution in [1.29, 1.82) is 0 Å². The zero-order valence-electron chi connectivity index (χ0n) is 13.2. The smallest absolute Gasteiger partial charge is 0.226 e. The molecule has 1 saturated carbocycles. The van der Waals surface area contributed by atoms with Gasteiger partial charge in [0.1, 0.15) is 0 Å². The van der Waals surface area contributed by atoms with E-state index >= 15 is 0 Å². The highest BCUT2D eigenvalue weighted by Gasteiger charge is 2.37. The number of rotatable bonds is 2. The molecule has 0 aromatic rings. The summed E-state index contributed by atoms with van der Waals surface area (Å²) in [6.07, 6.45) is 4.09. The van der Waals surface area contributed by atoms with Crippen LogP contribution in [0.2, 0.25) is 0 Å². The molecule has 0 bridgehead atoms. The van der Waals surface area contributed by atoms with Gasteiger partial charge >= 0.3 is 0 Å². The highest BCUT2D eigenvalue weighted by molar-refractivity contribution is 5.79. The molecule has 1 aliphatic carbocycles. The van der Waals surface area contributed by atoms with E-state index in [1.165, 1.54) is 0 Å². The minimum Gasteiger partial charge on any atom is -0.379 e. The Hall–Kier alpha value is -0.650. The molecule has 2 aliphatic heterocycles. The van der Waals surface area contributed by atoms with Gasteiger partial charge in [0.05, 0.1) is 13.2 Å². The third-order valence-corrected chi connectivity index (χ3v) is 5.56. The van der Waals surface area contributed by atoms with Gasteiger partial charge in [-0.15, -0.1) is 0 Å². The normalized spacial score (nSPS) is 38.7. The molecular formula is C16H29N3O2. The number of amides is 1. The van der Waals surface area contributed by atoms with Crippen LogP contribution in [0.15, 0.2) is 0 Å². The van der Waals surface area contributed by atoms with Crippen LogP contribution in [-0.4, -0.2) is 67.2 Å². The first-order valence-electron chi connectivity index (χ1n) is 8.51. The van der Waals surface area contributed by atoms with Gasteiger partial charge in [-0.25, -0.2) is 0 Å². The number of nitrogens with two attached hydrogens (primary N) is 1. The highest BCUT2D eigenvalue weighted by Crippen LogP contribution is 2.32. The van der Waals surface area contributed by atoms with Gasteiger partial charge in [-0.3, -0.25) is 9.69 Å². The molecule has 4 unspecified atom stereocenters. The van der Waals surface area contributed by atoms with Crippen molar-refractivity contribution in [2.45, 2.75) is 44.7 Å². The molecule has 3 fully saturated rings. The van der Waals surface area contributed by atoms with Crippen LogP contribution in [-0.2, 0) is 9.53 Å². The largest absolute Gasteiger partial charge is 0.379 e. The average Bonchev–Trinajstić information content (AvgIpc) is 2.97. The lowest BCUT2D eigenvalue weighted by Gasteiger charge is -2.35. The van der Waals surface area contributed by atoms with Crippen molar-refractivity contribution in [3.05, 3.63) is 0 Å². The topological polar surface area (TPSA) is 58.8 Å². The lowest BCUT2D eigenvalue weighted by molar-refractivity contribution is -0.137. The second-order valence-corrected chi connectivity index (χ2v) is 7.03. The van der Waals surface area contributed by atoms with Gasteiger partial charge < -0.3 is 15.4 Å². The van der Waals surface area contributed by atoms with Crippen LogP contribution in [0, 0.1) is 11.8 Å². The molecular weight excluding hydrogens is 266 g/mol. The Labute approximate surface area is 127 Å². The Kier molecular flexibility index (Phi) is 4.82. The first-order chi connectivity index (χ1) is 10.1. The van der Waals surface area contributed by atoms with Crippen molar-refractivity contribution >= 4 is 5.91 Å². The van der Waals surface area contributed by atoms with Gasteiger partial charge in [0.2, 0.25) is 5.91 Å². The molecule has 21 heavy (non-hydrogen) atoms. The molecule has 1 amide bonds. The number of carbonyl (C=O) groups is 1. The monoisotopic (exact) mass is 295 g/mol. The molecule has 2 N–H and O–H groups in total. The molecule has 2 heterocycles. The van der Waals surface area contributed by atoms with Gasteiger partial charge in [0, 0.05) is 44.2 Å². The molecule has 5 nitrogen and oxygen atoms in total. The second-order valence-electron chi connectivity index (χ2n) is 7.03. The van der Waals surface area contributed by atoms with Gasteiger partial charge in [-0.1, -0.05) is 6.92 Å². The predicted octanol–water partition coefficient (Wildman–Crippen LogP) is 0.683. The maximum absolute atomic E-state index is 12.8. The number of hydrogen-bond donors (Lipinski definition) is 1. The van der Waals surface area contributed by atoms with E-state index in [0.29, 0.717) is 23.9 Å². The van der Waals surface area contributed by atoms with Crippen molar-refractivity contribution in [1.82, 2.24) is 9.80 Å². The van der Waals surface area contributed by atoms with E-state index in [4.69, 9.17) is 10.5 Å². The molecule has 0 aromatic carbocycles. The Morgan fingerprint density at radius 2 is 1.90 bits per heavy atom. The van der Waals surface area contributed by atoms with Gasteiger partial charge in [-0.2, -0.15) is 0 Å². The summed E-state index contributed by atoms with van der Waals surface area (Å²) < 4.78 is 5.42. The first kappa shape index (κ1) is 15.3. The second kappa shape index (κ2) is 6.63. The summed E-state index contributed by atoms with van der Waals surface area (Å²) in [5.74, 6) is 1.02. The first-order valence-corrected chi connectivity index (χ1v) is 8.51. The summed E-state index contributed by atoms with van der Waals surface area (Å²) in [6, 6.07) is 0.836. The summed E-state index contributed by atoms with van der Waals surface area (Å²) in [5, 5.41) is 0. The van der Waals surface area contributed by atoms with Crippen LogP contribution < -0.4 is 5.73 Å². The van der Waals surface area contributed by atoms with E-state index < -0.39 is 0 Å². The molecule has 120 valence electrons. The molecule has 2 saturated heterocycles. The Bertz CT molecular complexity index is 371. The maximum Gasteiger partial charge on any atom is 0.226 e. The van der Waals surface area contributed by atoms with Crippen molar-refractivity contribution in [2.75, 3.05) is 39.4 Å². The van der Waals surface area contributed by atoms with Crippen LogP contribution in [0.1, 0.15) is 32.6 Å². The maximum atomic E-state index is 12.8. The molecule has 0 radical (unpaired) electrons. The van der Waals surface area contributed by atoms with Crippen molar-refractivity contribution in [2.24, 2.45) is 17.6 Å². The third-order valence-electron chi connectivity index (χ3n) is 5.56. The zero-order chi connectivity index (χ0) is 14.8. The summed E-state index contributed by atoms with van der Waals surface area (Å²) in [4.78, 5) is 17.4. The molecule has 4 atom stereocenters. The van der Waals surface area contributed by atoms with Gasteiger partial charge in [0.15, 0.2) is 0 Å². The fourth-order valence-electron chi connectivity index (χ4n) is 4.22. The van der Waals surface area contributed by atoms with E-state index in [-0.39, 0.29) is 5.92 Å². The third kappa shape index (κ3) is 3.41. The number of nitrogens with zero attached hydrogens (tertiary/aromatic N) is 2. The van der Waals surface area contributed by atoms with E-state index in [0.717, 1.165) is 65.1 Å². The predicted molar refractivity (Wildman–Crippen MR) is 81.9 cm³/mol. The van der Waals surface area contributed by atoms with Crippen LogP contribution in [0.3, 0.4) is 0 Å². The summed E-state index contributed by atoms with van der Waals surface area (Å²) >= 11 is 0. The number of hydrogen-bond acceptors (Lipinski definition) is 4. The number of likely N-dealkylation sites (tertiary alicyclic amines) is 1. The van der Waals surface area contributed by atoms with E-state index in [2.05, 4.69) is 16.7 Å². The molecule has 3 aliphatic rings. The van der Waals surface area contributed by atoms with Crippen LogP contribution >= 0.6 is 0 Å². The molecule has 0 aromatic heterocycles. The quantitative estimate of drug-likeness (QED) is 0.814. The molecule has 0 spiro atoms. The van der Waals surface area contributed by atoms with Crippen molar-refractivity contribution in [3.8, 4) is 0 Å². The van der Waals surface area contributed by atoms with E-state index in [9.17, 15) is 4.79 Å². The van der Waals surface area contributed by atoms with Crippen LogP contribution in [0.5, 0.6) is 0 Å². The standard InChI is InChI=1S/C16H29N3O2/c1-12-10-13(17)2-3-15(12)16(20)19-5-4-14(11-19)18-6-8-21-9-7-18/h12-15H,2-11,17H2,1H3. The molecule has 3 rings (SSSR count). The summed E-state index contributed by atoms with van der Waals surface area (Å²) in [6.45, 7) is 7.73. The van der Waals surface area contributed by atoms with E-state index in [1.807, 2.05) is 0 Å². The lowest BCUT2D eigenvalue weighted by atomic mass is 9.77. The minimum atomic E-state index is 0.202. The van der Waals surface area contributed by atoms with Crippen molar-refractivity contribution < 1.29 is 9.53 Å². The van der Waals surface area contributed by atoms with Crippen LogP contribution in [0.25, 0.3) is 0 Å². The SMILES string of the molecule is CC1CC(N)CCC1C(=O)N1CCC(N2CCOCC2)C1. The summed E-state index contributed by atoms with van der Waals surface area (Å²) in [5.41, 5.74) is 6.02. The number of carbonyl (C=O) groups excluding carboxylic acids is 1. The number of morpholine rings is 1. The highest BCUT2D eigenvalue weighted by atomic mass is 16.5. The zero-order valence-corrected chi connectivity index (χ0v) is 13.2. The summed E-state index contributed by atoms with van der Waals surface area (Å²) in [7, 11) is 0. The van der Waals surface area contributed by atoms with Crippen LogP contribution in [0.4, 0.5) is 0 Å². The molecule has 5 heteroatoms. The number of ether oxygens (including phenoxy) is 1. The minimum absolute atomic E-state index is 0.202. The average molecular weight is 295 g/mol. The lowest BCUT2D eigenvalue weighted by Crippen LogP contribution is -2.46. The Balaban J connectivity index is 1.54. The Morgan fingerprint density at radius 3 is 2.62 bits per heavy atom. The fraction of sp³-hybridized carbons (Fsp3) is 0.938. The van der Waals surface area contributed by atoms with E-state index in [1.54, 1.807) is 0 Å².